The molecule has 0 aliphatic heterocycles. The molecule has 90 valence electrons. The molecule has 0 radical (unpaired) electrons. The van der Waals surface area contributed by atoms with Gasteiger partial charge in [0.2, 0.25) is 0 Å². The van der Waals surface area contributed by atoms with E-state index in [1.807, 2.05) is 32.1 Å². The fourth-order valence-electron chi connectivity index (χ4n) is 1.45. The molecule has 0 saturated carbocycles. The highest BCUT2D eigenvalue weighted by molar-refractivity contribution is 6.34. The predicted octanol–water partition coefficient (Wildman–Crippen LogP) is 1.35. The van der Waals surface area contributed by atoms with Gasteiger partial charge in [-0.2, -0.15) is 0 Å². The van der Waals surface area contributed by atoms with Crippen molar-refractivity contribution in [3.05, 3.63) is 24.3 Å². The van der Waals surface area contributed by atoms with Gasteiger partial charge in [0.15, 0.2) is 0 Å². The van der Waals surface area contributed by atoms with Crippen molar-refractivity contribution in [1.82, 2.24) is 5.32 Å². The Hall–Kier alpha value is -0.955. The Bertz CT molecular complexity index is 281. The molecule has 1 aromatic rings. The zero-order valence-electron chi connectivity index (χ0n) is 11.4. The lowest BCUT2D eigenvalue weighted by atomic mass is 9.95. The van der Waals surface area contributed by atoms with Crippen molar-refractivity contribution in [2.75, 3.05) is 7.11 Å². The molecule has 0 amide bonds. The molecule has 0 saturated heterocycles. The third kappa shape index (κ3) is 7.35. The quantitative estimate of drug-likeness (QED) is 0.778. The van der Waals surface area contributed by atoms with E-state index in [1.165, 1.54) is 5.46 Å². The lowest BCUT2D eigenvalue weighted by Crippen LogP contribution is -2.29. The van der Waals surface area contributed by atoms with E-state index in [0.717, 1.165) is 5.75 Å². The van der Waals surface area contributed by atoms with E-state index in [-0.39, 0.29) is 0 Å². The molecule has 0 aliphatic rings. The standard InChI is InChI=1S/C7H9BO.C6H15N/c1-9-7-5-3-2-4-6(7)8;1-5(2)7-6(3)4/h2-5H,8H2,1H3;5-7H,1-4H3. The Kier molecular flexibility index (Phi) is 7.74. The molecule has 0 heterocycles. The van der Waals surface area contributed by atoms with E-state index < -0.39 is 0 Å². The molecule has 0 fully saturated rings. The van der Waals surface area contributed by atoms with Gasteiger partial charge in [0.1, 0.15) is 13.6 Å². The van der Waals surface area contributed by atoms with Gasteiger partial charge in [0, 0.05) is 12.1 Å². The van der Waals surface area contributed by atoms with Gasteiger partial charge < -0.3 is 10.1 Å². The minimum atomic E-state index is 0.625. The van der Waals surface area contributed by atoms with E-state index >= 15 is 0 Å². The maximum atomic E-state index is 5.04. The van der Waals surface area contributed by atoms with E-state index in [4.69, 9.17) is 4.74 Å². The van der Waals surface area contributed by atoms with Crippen LogP contribution >= 0.6 is 0 Å². The van der Waals surface area contributed by atoms with Crippen LogP contribution in [0.5, 0.6) is 5.75 Å². The number of hydrogen-bond acceptors (Lipinski definition) is 2. The van der Waals surface area contributed by atoms with Crippen molar-refractivity contribution in [2.45, 2.75) is 39.8 Å². The fraction of sp³-hybridized carbons (Fsp3) is 0.538. The van der Waals surface area contributed by atoms with Gasteiger partial charge in [-0.25, -0.2) is 0 Å². The Balaban J connectivity index is 0.000000293. The zero-order valence-corrected chi connectivity index (χ0v) is 11.4. The summed E-state index contributed by atoms with van der Waals surface area (Å²) in [6.07, 6.45) is 0. The van der Waals surface area contributed by atoms with E-state index in [2.05, 4.69) is 33.0 Å². The van der Waals surface area contributed by atoms with E-state index in [1.54, 1.807) is 7.11 Å². The lowest BCUT2D eigenvalue weighted by Gasteiger charge is -2.10. The van der Waals surface area contributed by atoms with Crippen LogP contribution in [-0.2, 0) is 0 Å². The number of rotatable bonds is 3. The summed E-state index contributed by atoms with van der Waals surface area (Å²) in [6, 6.07) is 9.19. The molecule has 0 atom stereocenters. The Morgan fingerprint density at radius 2 is 1.56 bits per heavy atom. The predicted molar refractivity (Wildman–Crippen MR) is 74.6 cm³/mol. The largest absolute Gasteiger partial charge is 0.497 e. The Labute approximate surface area is 101 Å². The summed E-state index contributed by atoms with van der Waals surface area (Å²) in [7, 11) is 3.71. The molecule has 0 aromatic heterocycles. The van der Waals surface area contributed by atoms with E-state index in [9.17, 15) is 0 Å². The molecular weight excluding hydrogens is 197 g/mol. The minimum absolute atomic E-state index is 0.625. The maximum absolute atomic E-state index is 5.04. The van der Waals surface area contributed by atoms with Crippen molar-refractivity contribution >= 4 is 13.3 Å². The molecule has 0 spiro atoms. The van der Waals surface area contributed by atoms with Crippen LogP contribution in [-0.4, -0.2) is 27.0 Å². The molecule has 3 heteroatoms. The average Bonchev–Trinajstić information content (AvgIpc) is 2.17. The van der Waals surface area contributed by atoms with Gasteiger partial charge in [0.25, 0.3) is 0 Å². The number of ether oxygens (including phenoxy) is 1. The number of para-hydroxylation sites is 1. The highest BCUT2D eigenvalue weighted by Crippen LogP contribution is 2.01. The van der Waals surface area contributed by atoms with Crippen LogP contribution in [0.1, 0.15) is 27.7 Å². The molecule has 0 bridgehead atoms. The second kappa shape index (κ2) is 8.23. The summed E-state index contributed by atoms with van der Waals surface area (Å²) < 4.78 is 5.04. The second-order valence-corrected chi connectivity index (χ2v) is 4.45. The zero-order chi connectivity index (χ0) is 12.6. The molecule has 0 unspecified atom stereocenters. The highest BCUT2D eigenvalue weighted by Gasteiger charge is 1.92. The first-order chi connectivity index (χ1) is 7.47. The fourth-order valence-corrected chi connectivity index (χ4v) is 1.45. The SMILES string of the molecule is Bc1ccccc1OC.CC(C)NC(C)C. The molecule has 0 aliphatic carbocycles. The Morgan fingerprint density at radius 1 is 1.06 bits per heavy atom. The van der Waals surface area contributed by atoms with Crippen molar-refractivity contribution in [3.63, 3.8) is 0 Å². The van der Waals surface area contributed by atoms with E-state index in [0.29, 0.717) is 12.1 Å². The second-order valence-electron chi connectivity index (χ2n) is 4.45. The topological polar surface area (TPSA) is 21.3 Å². The van der Waals surface area contributed by atoms with Crippen LogP contribution in [0.3, 0.4) is 0 Å². The number of hydrogen-bond donors (Lipinski definition) is 1. The monoisotopic (exact) mass is 221 g/mol. The van der Waals surface area contributed by atoms with Crippen LogP contribution in [0.15, 0.2) is 24.3 Å². The summed E-state index contributed by atoms with van der Waals surface area (Å²) in [5.41, 5.74) is 1.18. The van der Waals surface area contributed by atoms with Gasteiger partial charge in [0.05, 0.1) is 7.11 Å². The van der Waals surface area contributed by atoms with Crippen molar-refractivity contribution in [1.29, 1.82) is 0 Å². The average molecular weight is 221 g/mol. The third-order valence-electron chi connectivity index (χ3n) is 1.98. The molecule has 1 aromatic carbocycles. The summed E-state index contributed by atoms with van der Waals surface area (Å²) in [5, 5.41) is 3.31. The highest BCUT2D eigenvalue weighted by atomic mass is 16.5. The van der Waals surface area contributed by atoms with Crippen LogP contribution in [0, 0.1) is 0 Å². The number of benzene rings is 1. The molecule has 16 heavy (non-hydrogen) atoms. The normalized spacial score (nSPS) is 9.94. The van der Waals surface area contributed by atoms with Gasteiger partial charge in [-0.1, -0.05) is 45.9 Å². The summed E-state index contributed by atoms with van der Waals surface area (Å²) in [4.78, 5) is 0. The molecule has 1 N–H and O–H groups in total. The first-order valence-corrected chi connectivity index (χ1v) is 5.83. The lowest BCUT2D eigenvalue weighted by molar-refractivity contribution is 0.418. The van der Waals surface area contributed by atoms with Crippen molar-refractivity contribution < 1.29 is 4.74 Å². The van der Waals surface area contributed by atoms with Crippen LogP contribution in [0.4, 0.5) is 0 Å². The summed E-state index contributed by atoms with van der Waals surface area (Å²) in [6.45, 7) is 8.61. The van der Waals surface area contributed by atoms with Gasteiger partial charge in [-0.05, 0) is 11.5 Å². The van der Waals surface area contributed by atoms with Gasteiger partial charge in [-0.15, -0.1) is 0 Å². The molecule has 1 rings (SSSR count). The maximum Gasteiger partial charge on any atom is 0.144 e. The minimum Gasteiger partial charge on any atom is -0.497 e. The van der Waals surface area contributed by atoms with Crippen LogP contribution in [0.2, 0.25) is 0 Å². The number of nitrogens with one attached hydrogen (secondary N) is 1. The van der Waals surface area contributed by atoms with Crippen molar-refractivity contribution in [2.24, 2.45) is 0 Å². The smallest absolute Gasteiger partial charge is 0.144 e. The van der Waals surface area contributed by atoms with Crippen LogP contribution < -0.4 is 15.5 Å². The molecule has 2 nitrogen and oxygen atoms in total. The first kappa shape index (κ1) is 15.0. The summed E-state index contributed by atoms with van der Waals surface area (Å²) >= 11 is 0. The third-order valence-corrected chi connectivity index (χ3v) is 1.98. The molecular formula is C13H24BNO. The summed E-state index contributed by atoms with van der Waals surface area (Å²) in [5.74, 6) is 0.956. The van der Waals surface area contributed by atoms with Crippen molar-refractivity contribution in [3.8, 4) is 5.75 Å². The van der Waals surface area contributed by atoms with Crippen LogP contribution in [0.25, 0.3) is 0 Å². The Morgan fingerprint density at radius 3 is 1.81 bits per heavy atom. The number of methoxy groups -OCH3 is 1. The first-order valence-electron chi connectivity index (χ1n) is 5.83. The van der Waals surface area contributed by atoms with Gasteiger partial charge >= 0.3 is 0 Å². The van der Waals surface area contributed by atoms with Gasteiger partial charge in [-0.3, -0.25) is 0 Å².